The molecule has 0 saturated carbocycles. The van der Waals surface area contributed by atoms with Crippen LogP contribution in [0.4, 0.5) is 0 Å². The lowest BCUT2D eigenvalue weighted by Gasteiger charge is -2.22. The quantitative estimate of drug-likeness (QED) is 0.589. The van der Waals surface area contributed by atoms with Crippen molar-refractivity contribution in [3.8, 4) is 23.0 Å². The summed E-state index contributed by atoms with van der Waals surface area (Å²) in [5.74, 6) is 4.05. The summed E-state index contributed by atoms with van der Waals surface area (Å²) in [6, 6.07) is 11.1. The zero-order chi connectivity index (χ0) is 23.6. The molecule has 8 heteroatoms. The minimum Gasteiger partial charge on any atom is -0.497 e. The molecular weight excluding hydrogens is 424 g/mol. The Balaban J connectivity index is 1.58. The van der Waals surface area contributed by atoms with Gasteiger partial charge in [-0.2, -0.15) is 0 Å². The fraction of sp³-hybridized carbons (Fsp3) is 0.440. The maximum Gasteiger partial charge on any atom is 0.199 e. The number of aliphatic imine (C=N–C) groups is 2. The summed E-state index contributed by atoms with van der Waals surface area (Å²) in [5, 5.41) is 0. The van der Waals surface area contributed by atoms with Gasteiger partial charge in [0.2, 0.25) is 0 Å². The number of nitrogens with zero attached hydrogens (tertiary/aromatic N) is 2. The van der Waals surface area contributed by atoms with E-state index in [1.807, 2.05) is 50.2 Å². The molecule has 0 spiro atoms. The monoisotopic (exact) mass is 454 g/mol. The third-order valence-electron chi connectivity index (χ3n) is 5.89. The molecule has 33 heavy (non-hydrogen) atoms. The highest BCUT2D eigenvalue weighted by Crippen LogP contribution is 2.38. The average Bonchev–Trinajstić information content (AvgIpc) is 3.54. The molecule has 0 N–H and O–H groups in total. The molecule has 2 aliphatic rings. The first-order chi connectivity index (χ1) is 15.9. The molecule has 0 aromatic heterocycles. The van der Waals surface area contributed by atoms with Crippen molar-refractivity contribution in [2.24, 2.45) is 15.4 Å². The van der Waals surface area contributed by atoms with Gasteiger partial charge in [-0.15, -0.1) is 0 Å². The molecule has 0 bridgehead atoms. The van der Waals surface area contributed by atoms with Gasteiger partial charge >= 0.3 is 0 Å². The van der Waals surface area contributed by atoms with Gasteiger partial charge in [0.1, 0.15) is 53.7 Å². The van der Waals surface area contributed by atoms with Gasteiger partial charge in [0.15, 0.2) is 11.8 Å². The average molecular weight is 455 g/mol. The number of hydrogen-bond acceptors (Lipinski definition) is 8. The molecule has 2 heterocycles. The molecular formula is C25H30N2O6. The molecule has 2 aromatic rings. The summed E-state index contributed by atoms with van der Waals surface area (Å²) >= 11 is 0. The first-order valence-electron chi connectivity index (χ1n) is 10.8. The predicted molar refractivity (Wildman–Crippen MR) is 125 cm³/mol. The zero-order valence-electron chi connectivity index (χ0n) is 19.9. The lowest BCUT2D eigenvalue weighted by atomic mass is 9.93. The maximum absolute atomic E-state index is 6.03. The van der Waals surface area contributed by atoms with Gasteiger partial charge in [-0.1, -0.05) is 0 Å². The molecule has 0 aliphatic carbocycles. The number of hydrogen-bond donors (Lipinski definition) is 0. The Morgan fingerprint density at radius 2 is 0.970 bits per heavy atom. The van der Waals surface area contributed by atoms with Crippen molar-refractivity contribution in [1.82, 2.24) is 0 Å². The van der Waals surface area contributed by atoms with Gasteiger partial charge in [-0.05, 0) is 49.2 Å². The van der Waals surface area contributed by atoms with Gasteiger partial charge in [-0.25, -0.2) is 9.98 Å². The second kappa shape index (κ2) is 9.21. The van der Waals surface area contributed by atoms with E-state index in [0.717, 1.165) is 11.1 Å². The number of benzene rings is 2. The molecule has 8 nitrogen and oxygen atoms in total. The lowest BCUT2D eigenvalue weighted by molar-refractivity contribution is 0.264. The van der Waals surface area contributed by atoms with E-state index >= 15 is 0 Å². The summed E-state index contributed by atoms with van der Waals surface area (Å²) < 4.78 is 33.6. The van der Waals surface area contributed by atoms with Crippen molar-refractivity contribution in [1.29, 1.82) is 0 Å². The number of ether oxygens (including phenoxy) is 6. The number of methoxy groups -OCH3 is 4. The minimum atomic E-state index is -0.616. The van der Waals surface area contributed by atoms with E-state index < -0.39 is 5.41 Å². The highest BCUT2D eigenvalue weighted by Gasteiger charge is 2.42. The summed E-state index contributed by atoms with van der Waals surface area (Å²) in [6.07, 6.45) is 0. The Kier molecular flexibility index (Phi) is 6.35. The molecule has 2 aromatic carbocycles. The van der Waals surface area contributed by atoms with Gasteiger partial charge in [0.05, 0.1) is 28.4 Å². The fourth-order valence-corrected chi connectivity index (χ4v) is 3.91. The Morgan fingerprint density at radius 3 is 1.27 bits per heavy atom. The van der Waals surface area contributed by atoms with Gasteiger partial charge in [-0.3, -0.25) is 0 Å². The summed E-state index contributed by atoms with van der Waals surface area (Å²) in [6.45, 7) is 4.87. The van der Waals surface area contributed by atoms with Crippen molar-refractivity contribution in [3.05, 3.63) is 47.5 Å². The Hall–Kier alpha value is -3.42. The van der Waals surface area contributed by atoms with Crippen LogP contribution in [0.15, 0.2) is 46.4 Å². The molecule has 2 atom stereocenters. The van der Waals surface area contributed by atoms with E-state index in [2.05, 4.69) is 0 Å². The highest BCUT2D eigenvalue weighted by molar-refractivity contribution is 6.05. The Bertz CT molecular complexity index is 951. The Morgan fingerprint density at radius 1 is 0.636 bits per heavy atom. The van der Waals surface area contributed by atoms with Gasteiger partial charge < -0.3 is 28.4 Å². The third kappa shape index (κ3) is 4.55. The van der Waals surface area contributed by atoms with Crippen LogP contribution in [0.2, 0.25) is 0 Å². The fourth-order valence-electron chi connectivity index (χ4n) is 3.91. The van der Waals surface area contributed by atoms with Crippen molar-refractivity contribution in [2.45, 2.75) is 25.9 Å². The topological polar surface area (TPSA) is 80.1 Å². The van der Waals surface area contributed by atoms with Crippen molar-refractivity contribution in [3.63, 3.8) is 0 Å². The highest BCUT2D eigenvalue weighted by atomic mass is 16.5. The molecule has 0 unspecified atom stereocenters. The van der Waals surface area contributed by atoms with Crippen LogP contribution in [0.25, 0.3) is 0 Å². The van der Waals surface area contributed by atoms with Gasteiger partial charge in [0.25, 0.3) is 0 Å². The van der Waals surface area contributed by atoms with Crippen molar-refractivity contribution < 1.29 is 28.4 Å². The maximum atomic E-state index is 6.03. The summed E-state index contributed by atoms with van der Waals surface area (Å²) in [4.78, 5) is 9.72. The molecule has 2 aliphatic heterocycles. The van der Waals surface area contributed by atoms with Crippen LogP contribution in [-0.4, -0.2) is 53.4 Å². The molecule has 0 saturated heterocycles. The van der Waals surface area contributed by atoms with Crippen LogP contribution in [0.5, 0.6) is 23.0 Å². The summed E-state index contributed by atoms with van der Waals surface area (Å²) in [7, 11) is 6.52. The van der Waals surface area contributed by atoms with E-state index in [-0.39, 0.29) is 12.1 Å². The first kappa shape index (κ1) is 22.8. The van der Waals surface area contributed by atoms with Crippen LogP contribution < -0.4 is 18.9 Å². The normalized spacial score (nSPS) is 19.8. The summed E-state index contributed by atoms with van der Waals surface area (Å²) in [5.41, 5.74) is 1.32. The van der Waals surface area contributed by atoms with E-state index in [4.69, 9.17) is 38.4 Å². The molecule has 0 amide bonds. The largest absolute Gasteiger partial charge is 0.497 e. The van der Waals surface area contributed by atoms with Crippen LogP contribution in [-0.2, 0) is 9.47 Å². The molecule has 0 fully saturated rings. The van der Waals surface area contributed by atoms with E-state index in [0.29, 0.717) is 48.0 Å². The van der Waals surface area contributed by atoms with Crippen molar-refractivity contribution in [2.75, 3.05) is 41.7 Å². The lowest BCUT2D eigenvalue weighted by Crippen LogP contribution is -2.34. The van der Waals surface area contributed by atoms with Crippen LogP contribution >= 0.6 is 0 Å². The Labute approximate surface area is 194 Å². The third-order valence-corrected chi connectivity index (χ3v) is 5.89. The standard InChI is InChI=1S/C25H30N2O6/c1-25(2,23-26-21(13-32-23)15-7-17(28-3)11-18(8-15)29-4)24-27-22(14-33-24)16-9-19(30-5)12-20(10-16)31-6/h7-12,21-22H,13-14H2,1-6H3/t21-,22-/m1/s1. The zero-order valence-corrected chi connectivity index (χ0v) is 19.9. The predicted octanol–water partition coefficient (Wildman–Crippen LogP) is 4.39. The minimum absolute atomic E-state index is 0.163. The molecule has 176 valence electrons. The van der Waals surface area contributed by atoms with E-state index in [1.54, 1.807) is 28.4 Å². The molecule has 0 radical (unpaired) electrons. The number of rotatable bonds is 8. The van der Waals surface area contributed by atoms with Gasteiger partial charge in [0, 0.05) is 12.1 Å². The van der Waals surface area contributed by atoms with E-state index in [9.17, 15) is 0 Å². The van der Waals surface area contributed by atoms with Crippen molar-refractivity contribution >= 4 is 11.8 Å². The van der Waals surface area contributed by atoms with Crippen LogP contribution in [0, 0.1) is 5.41 Å². The second-order valence-electron chi connectivity index (χ2n) is 8.44. The SMILES string of the molecule is COc1cc(OC)cc([C@H]2COC(C(C)(C)C3=N[C@@H](c4cc(OC)cc(OC)c4)CO3)=N2)c1. The smallest absolute Gasteiger partial charge is 0.199 e. The first-order valence-corrected chi connectivity index (χ1v) is 10.8. The molecule has 4 rings (SSSR count). The van der Waals surface area contributed by atoms with Crippen LogP contribution in [0.1, 0.15) is 37.1 Å². The van der Waals surface area contributed by atoms with Crippen LogP contribution in [0.3, 0.4) is 0 Å². The van der Waals surface area contributed by atoms with E-state index in [1.165, 1.54) is 0 Å². The second-order valence-corrected chi connectivity index (χ2v) is 8.44.